The van der Waals surface area contributed by atoms with Crippen LogP contribution in [0.2, 0.25) is 0 Å². The SMILES string of the molecule is C=C1CCC[C@]2(C)C[C@H]3OC(=O)[C@H](C[NH+]4CCCCCC4)[C@H]3C[C@@H]12. The number of carbonyl (C=O) groups is 1. The first-order valence-corrected chi connectivity index (χ1v) is 10.3. The van der Waals surface area contributed by atoms with Crippen molar-refractivity contribution in [3.05, 3.63) is 12.2 Å². The van der Waals surface area contributed by atoms with Gasteiger partial charge in [-0.25, -0.2) is 0 Å². The fourth-order valence-electron chi connectivity index (χ4n) is 6.23. The molecule has 4 fully saturated rings. The lowest BCUT2D eigenvalue weighted by Crippen LogP contribution is -3.12. The highest BCUT2D eigenvalue weighted by Gasteiger charge is 2.55. The lowest BCUT2D eigenvalue weighted by Gasteiger charge is -2.50. The molecule has 4 rings (SSSR count). The molecule has 3 heteroatoms. The Bertz CT molecular complexity index is 508. The van der Waals surface area contributed by atoms with Crippen LogP contribution in [-0.2, 0) is 9.53 Å². The van der Waals surface area contributed by atoms with Gasteiger partial charge in [0.05, 0.1) is 19.6 Å². The largest absolute Gasteiger partial charge is 0.462 e. The first-order valence-electron chi connectivity index (χ1n) is 10.3. The number of esters is 1. The molecule has 134 valence electrons. The van der Waals surface area contributed by atoms with Crippen LogP contribution in [0.3, 0.4) is 0 Å². The summed E-state index contributed by atoms with van der Waals surface area (Å²) in [4.78, 5) is 14.3. The Morgan fingerprint density at radius 3 is 2.71 bits per heavy atom. The van der Waals surface area contributed by atoms with Gasteiger partial charge in [0, 0.05) is 5.92 Å². The maximum absolute atomic E-state index is 12.6. The van der Waals surface area contributed by atoms with E-state index in [0.717, 1.165) is 19.4 Å². The summed E-state index contributed by atoms with van der Waals surface area (Å²) in [6.07, 6.45) is 11.5. The number of ether oxygens (including phenoxy) is 1. The minimum atomic E-state index is 0.106. The van der Waals surface area contributed by atoms with Crippen molar-refractivity contribution in [2.24, 2.45) is 23.2 Å². The maximum Gasteiger partial charge on any atom is 0.315 e. The molecule has 4 aliphatic rings. The molecule has 1 N–H and O–H groups in total. The summed E-state index contributed by atoms with van der Waals surface area (Å²) in [5.41, 5.74) is 1.77. The van der Waals surface area contributed by atoms with Gasteiger partial charge in [-0.05, 0) is 69.1 Å². The third-order valence-electron chi connectivity index (χ3n) is 7.64. The number of carbonyl (C=O) groups excluding carboxylic acids is 1. The summed E-state index contributed by atoms with van der Waals surface area (Å²) in [6, 6.07) is 0. The first kappa shape index (κ1) is 16.6. The third kappa shape index (κ3) is 2.94. The lowest BCUT2D eigenvalue weighted by molar-refractivity contribution is -0.902. The predicted molar refractivity (Wildman–Crippen MR) is 94.7 cm³/mol. The summed E-state index contributed by atoms with van der Waals surface area (Å²) in [7, 11) is 0. The zero-order valence-corrected chi connectivity index (χ0v) is 15.3. The molecule has 0 amide bonds. The second-order valence-corrected chi connectivity index (χ2v) is 9.27. The molecule has 0 aromatic rings. The Morgan fingerprint density at radius 1 is 1.21 bits per heavy atom. The van der Waals surface area contributed by atoms with E-state index in [1.165, 1.54) is 63.6 Å². The number of nitrogens with one attached hydrogen (secondary N) is 1. The Labute approximate surface area is 146 Å². The quantitative estimate of drug-likeness (QED) is 0.623. The summed E-state index contributed by atoms with van der Waals surface area (Å²) in [5, 5.41) is 0. The Kier molecular flexibility index (Phi) is 4.49. The van der Waals surface area contributed by atoms with Crippen LogP contribution in [-0.4, -0.2) is 31.7 Å². The minimum absolute atomic E-state index is 0.106. The van der Waals surface area contributed by atoms with Gasteiger partial charge in [-0.2, -0.15) is 0 Å². The summed E-state index contributed by atoms with van der Waals surface area (Å²) >= 11 is 0. The molecule has 2 aliphatic heterocycles. The van der Waals surface area contributed by atoms with Gasteiger partial charge < -0.3 is 9.64 Å². The molecule has 0 radical (unpaired) electrons. The van der Waals surface area contributed by atoms with Gasteiger partial charge in [-0.1, -0.05) is 19.1 Å². The van der Waals surface area contributed by atoms with Gasteiger partial charge in [-0.3, -0.25) is 4.79 Å². The normalized spacial score (nSPS) is 43.7. The second-order valence-electron chi connectivity index (χ2n) is 9.27. The molecule has 5 atom stereocenters. The van der Waals surface area contributed by atoms with E-state index in [1.54, 1.807) is 4.90 Å². The Hall–Kier alpha value is -0.830. The van der Waals surface area contributed by atoms with Crippen LogP contribution in [0.5, 0.6) is 0 Å². The van der Waals surface area contributed by atoms with Crippen molar-refractivity contribution in [3.8, 4) is 0 Å². The first-order chi connectivity index (χ1) is 11.6. The summed E-state index contributed by atoms with van der Waals surface area (Å²) in [6.45, 7) is 10.3. The van der Waals surface area contributed by atoms with Crippen LogP contribution in [0.25, 0.3) is 0 Å². The van der Waals surface area contributed by atoms with E-state index < -0.39 is 0 Å². The highest BCUT2D eigenvalue weighted by molar-refractivity contribution is 5.75. The highest BCUT2D eigenvalue weighted by atomic mass is 16.6. The number of allylic oxidation sites excluding steroid dienone is 1. The van der Waals surface area contributed by atoms with Crippen molar-refractivity contribution in [1.29, 1.82) is 0 Å². The molecule has 24 heavy (non-hydrogen) atoms. The number of rotatable bonds is 2. The van der Waals surface area contributed by atoms with Crippen LogP contribution in [0.15, 0.2) is 12.2 Å². The van der Waals surface area contributed by atoms with E-state index in [-0.39, 0.29) is 18.0 Å². The number of quaternary nitrogens is 1. The molecule has 0 spiro atoms. The Morgan fingerprint density at radius 2 is 1.96 bits per heavy atom. The molecular weight excluding hydrogens is 298 g/mol. The fourth-order valence-corrected chi connectivity index (χ4v) is 6.23. The third-order valence-corrected chi connectivity index (χ3v) is 7.64. The number of fused-ring (bicyclic) bond motifs is 2. The molecule has 0 bridgehead atoms. The zero-order valence-electron chi connectivity index (χ0n) is 15.3. The molecule has 2 saturated carbocycles. The summed E-state index contributed by atoms with van der Waals surface area (Å²) < 4.78 is 5.92. The minimum Gasteiger partial charge on any atom is -0.462 e. The molecule has 0 aromatic carbocycles. The van der Waals surface area contributed by atoms with Crippen molar-refractivity contribution in [3.63, 3.8) is 0 Å². The number of hydrogen-bond acceptors (Lipinski definition) is 2. The van der Waals surface area contributed by atoms with E-state index >= 15 is 0 Å². The molecular formula is C21H34NO2+. The van der Waals surface area contributed by atoms with Crippen molar-refractivity contribution >= 4 is 5.97 Å². The molecule has 0 unspecified atom stereocenters. The average molecular weight is 333 g/mol. The second kappa shape index (κ2) is 6.48. The van der Waals surface area contributed by atoms with Crippen molar-refractivity contribution in [2.75, 3.05) is 19.6 Å². The van der Waals surface area contributed by atoms with Crippen molar-refractivity contribution in [2.45, 2.75) is 70.8 Å². The van der Waals surface area contributed by atoms with Crippen LogP contribution in [0.1, 0.15) is 64.7 Å². The number of hydrogen-bond donors (Lipinski definition) is 1. The zero-order chi connectivity index (χ0) is 16.7. The molecule has 2 aliphatic carbocycles. The molecule has 2 heterocycles. The highest BCUT2D eigenvalue weighted by Crippen LogP contribution is 2.56. The summed E-state index contributed by atoms with van der Waals surface area (Å²) in [5.74, 6) is 1.31. The molecule has 3 nitrogen and oxygen atoms in total. The lowest BCUT2D eigenvalue weighted by atomic mass is 9.55. The fraction of sp³-hybridized carbons (Fsp3) is 0.857. The van der Waals surface area contributed by atoms with Crippen LogP contribution >= 0.6 is 0 Å². The van der Waals surface area contributed by atoms with Gasteiger partial charge in [0.1, 0.15) is 12.0 Å². The van der Waals surface area contributed by atoms with Crippen LogP contribution in [0, 0.1) is 23.2 Å². The van der Waals surface area contributed by atoms with Gasteiger partial charge in [-0.15, -0.1) is 0 Å². The smallest absolute Gasteiger partial charge is 0.315 e. The van der Waals surface area contributed by atoms with Gasteiger partial charge in [0.2, 0.25) is 0 Å². The Balaban J connectivity index is 1.49. The van der Waals surface area contributed by atoms with E-state index in [9.17, 15) is 4.79 Å². The van der Waals surface area contributed by atoms with Gasteiger partial charge in [0.25, 0.3) is 0 Å². The number of likely N-dealkylation sites (tertiary alicyclic amines) is 1. The maximum atomic E-state index is 12.6. The van der Waals surface area contributed by atoms with E-state index in [0.29, 0.717) is 17.3 Å². The van der Waals surface area contributed by atoms with E-state index in [4.69, 9.17) is 4.74 Å². The predicted octanol–water partition coefficient (Wildman–Crippen LogP) is 2.76. The van der Waals surface area contributed by atoms with Crippen molar-refractivity contribution < 1.29 is 14.4 Å². The topological polar surface area (TPSA) is 30.7 Å². The van der Waals surface area contributed by atoms with Crippen LogP contribution < -0.4 is 4.90 Å². The monoisotopic (exact) mass is 332 g/mol. The van der Waals surface area contributed by atoms with E-state index in [1.807, 2.05) is 0 Å². The molecule has 0 aromatic heterocycles. The average Bonchev–Trinajstić information content (AvgIpc) is 2.72. The molecule has 2 saturated heterocycles. The van der Waals surface area contributed by atoms with Gasteiger partial charge in [0.15, 0.2) is 0 Å². The van der Waals surface area contributed by atoms with E-state index in [2.05, 4.69) is 13.5 Å². The standard InChI is InChI=1S/C21H33NO2/c1-15-8-7-9-21(2)13-19-16(12-18(15)21)17(20(23)24-19)14-22-10-5-3-4-6-11-22/h16-19H,1,3-14H2,2H3/p+1/t16-,17-,18+,19-,21-/m1/s1. The van der Waals surface area contributed by atoms with Gasteiger partial charge >= 0.3 is 5.97 Å². The van der Waals surface area contributed by atoms with Crippen molar-refractivity contribution in [1.82, 2.24) is 0 Å². The van der Waals surface area contributed by atoms with Crippen LogP contribution in [0.4, 0.5) is 0 Å².